The molecule has 1 heteroatoms. The summed E-state index contributed by atoms with van der Waals surface area (Å²) in [4.78, 5) is 0. The average Bonchev–Trinajstić information content (AvgIpc) is 2.92. The Balaban J connectivity index is 2.25. The Hall–Kier alpha value is -1.76. The molecular formula is C21H27N. The summed E-state index contributed by atoms with van der Waals surface area (Å²) in [5.74, 6) is 0. The molecular weight excluding hydrogens is 266 g/mol. The van der Waals surface area contributed by atoms with Crippen molar-refractivity contribution >= 4 is 5.69 Å². The molecule has 0 amide bonds. The molecule has 2 aromatic rings. The zero-order valence-electron chi connectivity index (χ0n) is 14.9. The molecule has 0 fully saturated rings. The number of aryl methyl sites for hydroxylation is 2. The van der Waals surface area contributed by atoms with Crippen LogP contribution in [0.15, 0.2) is 24.3 Å². The lowest BCUT2D eigenvalue weighted by Crippen LogP contribution is -2.15. The van der Waals surface area contributed by atoms with Gasteiger partial charge in [0.1, 0.15) is 0 Å². The second-order valence-electron chi connectivity index (χ2n) is 8.36. The lowest BCUT2D eigenvalue weighted by molar-refractivity contribution is 0.592. The third kappa shape index (κ3) is 2.15. The summed E-state index contributed by atoms with van der Waals surface area (Å²) >= 11 is 0. The summed E-state index contributed by atoms with van der Waals surface area (Å²) in [6, 6.07) is 9.19. The third-order valence-corrected chi connectivity index (χ3v) is 5.02. The molecule has 1 aliphatic rings. The highest BCUT2D eigenvalue weighted by molar-refractivity contribution is 5.82. The van der Waals surface area contributed by atoms with Gasteiger partial charge in [-0.15, -0.1) is 0 Å². The minimum atomic E-state index is 0.0568. The number of benzene rings is 2. The van der Waals surface area contributed by atoms with Gasteiger partial charge in [-0.1, -0.05) is 52.3 Å². The van der Waals surface area contributed by atoms with Gasteiger partial charge in [0.25, 0.3) is 0 Å². The first-order chi connectivity index (χ1) is 10.0. The van der Waals surface area contributed by atoms with Gasteiger partial charge >= 0.3 is 0 Å². The van der Waals surface area contributed by atoms with E-state index in [-0.39, 0.29) is 10.8 Å². The molecule has 0 unspecified atom stereocenters. The molecule has 0 saturated heterocycles. The standard InChI is InChI=1S/C21H27N/c1-12-8-15(18-16(9-12)21(18,6)7)14-10-13(2)19(22)17(11-14)20(3,4)5/h8-11H,22H2,1-7H3. The molecule has 0 spiro atoms. The van der Waals surface area contributed by atoms with Crippen molar-refractivity contribution in [2.45, 2.75) is 59.3 Å². The van der Waals surface area contributed by atoms with Gasteiger partial charge in [0.05, 0.1) is 0 Å². The number of anilines is 1. The molecule has 1 aliphatic carbocycles. The van der Waals surface area contributed by atoms with E-state index in [0.29, 0.717) is 0 Å². The van der Waals surface area contributed by atoms with E-state index in [1.54, 1.807) is 0 Å². The maximum absolute atomic E-state index is 6.35. The van der Waals surface area contributed by atoms with Crippen molar-refractivity contribution in [1.82, 2.24) is 0 Å². The first-order valence-electron chi connectivity index (χ1n) is 8.10. The molecule has 0 bridgehead atoms. The molecule has 22 heavy (non-hydrogen) atoms. The summed E-state index contributed by atoms with van der Waals surface area (Å²) in [6.45, 7) is 15.6. The lowest BCUT2D eigenvalue weighted by atomic mass is 9.82. The Morgan fingerprint density at radius 1 is 0.955 bits per heavy atom. The fourth-order valence-electron chi connectivity index (χ4n) is 3.60. The van der Waals surface area contributed by atoms with Gasteiger partial charge < -0.3 is 5.73 Å². The highest BCUT2D eigenvalue weighted by Crippen LogP contribution is 2.54. The fraction of sp³-hybridized carbons (Fsp3) is 0.429. The molecule has 1 nitrogen and oxygen atoms in total. The average molecular weight is 293 g/mol. The van der Waals surface area contributed by atoms with E-state index in [9.17, 15) is 0 Å². The van der Waals surface area contributed by atoms with E-state index in [4.69, 9.17) is 5.73 Å². The predicted molar refractivity (Wildman–Crippen MR) is 96.6 cm³/mol. The van der Waals surface area contributed by atoms with Crippen LogP contribution in [-0.2, 0) is 10.8 Å². The molecule has 3 rings (SSSR count). The normalized spacial score (nSPS) is 15.6. The number of hydrogen-bond donors (Lipinski definition) is 1. The van der Waals surface area contributed by atoms with Crippen LogP contribution < -0.4 is 5.73 Å². The molecule has 0 atom stereocenters. The predicted octanol–water partition coefficient (Wildman–Crippen LogP) is 5.49. The Labute approximate surface area is 134 Å². The zero-order chi connectivity index (χ0) is 16.4. The Kier molecular flexibility index (Phi) is 3.01. The molecule has 0 aliphatic heterocycles. The minimum absolute atomic E-state index is 0.0568. The maximum Gasteiger partial charge on any atom is 0.0382 e. The fourth-order valence-corrected chi connectivity index (χ4v) is 3.60. The summed E-state index contributed by atoms with van der Waals surface area (Å²) in [7, 11) is 0. The zero-order valence-corrected chi connectivity index (χ0v) is 14.9. The summed E-state index contributed by atoms with van der Waals surface area (Å²) in [5.41, 5.74) is 17.0. The first-order valence-corrected chi connectivity index (χ1v) is 8.10. The highest BCUT2D eigenvalue weighted by Gasteiger charge is 2.44. The van der Waals surface area contributed by atoms with E-state index in [1.807, 2.05) is 0 Å². The van der Waals surface area contributed by atoms with E-state index < -0.39 is 0 Å². The minimum Gasteiger partial charge on any atom is -0.398 e. The topological polar surface area (TPSA) is 26.0 Å². The van der Waals surface area contributed by atoms with Gasteiger partial charge in [0.15, 0.2) is 0 Å². The van der Waals surface area contributed by atoms with Gasteiger partial charge in [-0.25, -0.2) is 0 Å². The van der Waals surface area contributed by atoms with Gasteiger partial charge in [-0.3, -0.25) is 0 Å². The van der Waals surface area contributed by atoms with Crippen molar-refractivity contribution in [3.8, 4) is 11.1 Å². The van der Waals surface area contributed by atoms with Crippen LogP contribution in [-0.4, -0.2) is 0 Å². The number of hydrogen-bond acceptors (Lipinski definition) is 1. The number of nitrogen functional groups attached to an aromatic ring is 1. The van der Waals surface area contributed by atoms with E-state index in [1.165, 1.54) is 38.9 Å². The Morgan fingerprint density at radius 2 is 1.59 bits per heavy atom. The number of fused-ring (bicyclic) bond motifs is 1. The number of nitrogens with two attached hydrogens (primary N) is 1. The summed E-state index contributed by atoms with van der Waals surface area (Å²) < 4.78 is 0. The Bertz CT molecular complexity index is 773. The smallest absolute Gasteiger partial charge is 0.0382 e. The van der Waals surface area contributed by atoms with Crippen LogP contribution in [0, 0.1) is 13.8 Å². The SMILES string of the molecule is Cc1cc(-c2cc(C)c(N)c(C(C)(C)C)c2)c2c(c1)C2(C)C. The molecule has 2 aromatic carbocycles. The van der Waals surface area contributed by atoms with Crippen molar-refractivity contribution in [3.05, 3.63) is 52.1 Å². The van der Waals surface area contributed by atoms with Gasteiger partial charge in [-0.05, 0) is 64.8 Å². The van der Waals surface area contributed by atoms with Crippen LogP contribution in [0.25, 0.3) is 11.1 Å². The van der Waals surface area contributed by atoms with Crippen LogP contribution in [0.2, 0.25) is 0 Å². The third-order valence-electron chi connectivity index (χ3n) is 5.02. The maximum atomic E-state index is 6.35. The molecule has 116 valence electrons. The van der Waals surface area contributed by atoms with Crippen molar-refractivity contribution < 1.29 is 0 Å². The first kappa shape index (κ1) is 15.1. The van der Waals surface area contributed by atoms with Gasteiger partial charge in [-0.2, -0.15) is 0 Å². The van der Waals surface area contributed by atoms with Crippen molar-refractivity contribution in [2.75, 3.05) is 5.73 Å². The van der Waals surface area contributed by atoms with Crippen molar-refractivity contribution in [3.63, 3.8) is 0 Å². The second kappa shape index (κ2) is 4.38. The van der Waals surface area contributed by atoms with Crippen molar-refractivity contribution in [1.29, 1.82) is 0 Å². The van der Waals surface area contributed by atoms with Crippen molar-refractivity contribution in [2.24, 2.45) is 0 Å². The summed E-state index contributed by atoms with van der Waals surface area (Å²) in [5, 5.41) is 0. The van der Waals surface area contributed by atoms with Gasteiger partial charge in [0.2, 0.25) is 0 Å². The van der Waals surface area contributed by atoms with Crippen LogP contribution in [0.1, 0.15) is 62.4 Å². The van der Waals surface area contributed by atoms with E-state index in [2.05, 4.69) is 72.7 Å². The quantitative estimate of drug-likeness (QED) is 0.691. The van der Waals surface area contributed by atoms with Crippen LogP contribution in [0.3, 0.4) is 0 Å². The van der Waals surface area contributed by atoms with Crippen LogP contribution in [0.5, 0.6) is 0 Å². The van der Waals surface area contributed by atoms with E-state index >= 15 is 0 Å². The molecule has 0 radical (unpaired) electrons. The summed E-state index contributed by atoms with van der Waals surface area (Å²) in [6.07, 6.45) is 0. The largest absolute Gasteiger partial charge is 0.398 e. The Morgan fingerprint density at radius 3 is 2.18 bits per heavy atom. The van der Waals surface area contributed by atoms with E-state index in [0.717, 1.165) is 5.69 Å². The lowest BCUT2D eigenvalue weighted by Gasteiger charge is -2.24. The second-order valence-corrected chi connectivity index (χ2v) is 8.36. The molecule has 0 saturated carbocycles. The molecule has 0 aromatic heterocycles. The number of rotatable bonds is 1. The molecule has 0 heterocycles. The monoisotopic (exact) mass is 293 g/mol. The highest BCUT2D eigenvalue weighted by atomic mass is 14.6. The molecule has 2 N–H and O–H groups in total. The van der Waals surface area contributed by atoms with Crippen LogP contribution in [0.4, 0.5) is 5.69 Å². The van der Waals surface area contributed by atoms with Gasteiger partial charge in [0, 0.05) is 11.1 Å². The van der Waals surface area contributed by atoms with Crippen LogP contribution >= 0.6 is 0 Å².